The van der Waals surface area contributed by atoms with Gasteiger partial charge in [-0.1, -0.05) is 50.2 Å². The molecule has 2 amide bonds. The number of hydrogen-bond acceptors (Lipinski definition) is 4. The summed E-state index contributed by atoms with van der Waals surface area (Å²) in [4.78, 5) is 26.3. The van der Waals surface area contributed by atoms with E-state index in [-0.39, 0.29) is 19.1 Å². The van der Waals surface area contributed by atoms with E-state index in [4.69, 9.17) is 4.74 Å². The molecule has 2 aromatic carbocycles. The van der Waals surface area contributed by atoms with Gasteiger partial charge in [0.05, 0.1) is 12.1 Å². The molecule has 0 aromatic heterocycles. The second kappa shape index (κ2) is 9.36. The van der Waals surface area contributed by atoms with Crippen LogP contribution in [0.4, 0.5) is 4.39 Å². The van der Waals surface area contributed by atoms with E-state index >= 15 is 0 Å². The third-order valence-electron chi connectivity index (χ3n) is 5.41. The fourth-order valence-corrected chi connectivity index (χ4v) is 3.51. The van der Waals surface area contributed by atoms with Crippen molar-refractivity contribution < 1.29 is 23.8 Å². The Kier molecular flexibility index (Phi) is 6.84. The number of nitrogens with one attached hydrogen (secondary N) is 1. The molecule has 1 saturated heterocycles. The van der Waals surface area contributed by atoms with Gasteiger partial charge in [0, 0.05) is 13.6 Å². The summed E-state index contributed by atoms with van der Waals surface area (Å²) in [6.07, 6.45) is -1.84. The number of amides is 2. The zero-order valence-corrected chi connectivity index (χ0v) is 17.3. The van der Waals surface area contributed by atoms with Gasteiger partial charge >= 0.3 is 0 Å². The van der Waals surface area contributed by atoms with Gasteiger partial charge in [-0.2, -0.15) is 0 Å². The fraction of sp³-hybridized carbons (Fsp3) is 0.391. The SMILES string of the molecule is CC(C)c1ccc(C(O)CNC(=O)C2OCC(=O)N(C)C2c2ccc(F)cc2)cc1. The lowest BCUT2D eigenvalue weighted by Crippen LogP contribution is -2.53. The van der Waals surface area contributed by atoms with E-state index < -0.39 is 30.0 Å². The predicted octanol–water partition coefficient (Wildman–Crippen LogP) is 2.70. The summed E-state index contributed by atoms with van der Waals surface area (Å²) >= 11 is 0. The molecule has 6 nitrogen and oxygen atoms in total. The molecule has 1 aliphatic heterocycles. The number of aliphatic hydroxyl groups is 1. The number of rotatable bonds is 6. The molecule has 0 saturated carbocycles. The van der Waals surface area contributed by atoms with Gasteiger partial charge < -0.3 is 20.1 Å². The quantitative estimate of drug-likeness (QED) is 0.762. The van der Waals surface area contributed by atoms with Crippen LogP contribution in [0.25, 0.3) is 0 Å². The van der Waals surface area contributed by atoms with Gasteiger partial charge in [-0.15, -0.1) is 0 Å². The van der Waals surface area contributed by atoms with Crippen molar-refractivity contribution in [1.29, 1.82) is 0 Å². The maximum absolute atomic E-state index is 13.3. The van der Waals surface area contributed by atoms with Crippen molar-refractivity contribution in [3.63, 3.8) is 0 Å². The number of likely N-dealkylation sites (N-methyl/N-ethyl adjacent to an activating group) is 1. The molecule has 3 unspecified atom stereocenters. The maximum atomic E-state index is 13.3. The first-order valence-electron chi connectivity index (χ1n) is 9.96. The summed E-state index contributed by atoms with van der Waals surface area (Å²) in [5, 5.41) is 13.2. The maximum Gasteiger partial charge on any atom is 0.251 e. The molecule has 1 fully saturated rings. The highest BCUT2D eigenvalue weighted by molar-refractivity contribution is 5.86. The van der Waals surface area contributed by atoms with Crippen LogP contribution in [0.3, 0.4) is 0 Å². The number of carbonyl (C=O) groups is 2. The molecule has 3 atom stereocenters. The van der Waals surface area contributed by atoms with Crippen LogP contribution < -0.4 is 5.32 Å². The second-order valence-corrected chi connectivity index (χ2v) is 7.81. The first-order chi connectivity index (χ1) is 14.3. The Labute approximate surface area is 175 Å². The van der Waals surface area contributed by atoms with Crippen molar-refractivity contribution in [3.8, 4) is 0 Å². The minimum atomic E-state index is -0.964. The number of halogens is 1. The number of nitrogens with zero attached hydrogens (tertiary/aromatic N) is 1. The van der Waals surface area contributed by atoms with E-state index in [1.807, 2.05) is 24.3 Å². The van der Waals surface area contributed by atoms with E-state index in [9.17, 15) is 19.1 Å². The Morgan fingerprint density at radius 2 is 1.77 bits per heavy atom. The Bertz CT molecular complexity index is 883. The van der Waals surface area contributed by atoms with Crippen molar-refractivity contribution in [2.45, 2.75) is 38.0 Å². The summed E-state index contributed by atoms with van der Waals surface area (Å²) in [5.41, 5.74) is 2.46. The van der Waals surface area contributed by atoms with Gasteiger partial charge in [-0.25, -0.2) is 4.39 Å². The van der Waals surface area contributed by atoms with Crippen molar-refractivity contribution in [2.24, 2.45) is 0 Å². The zero-order chi connectivity index (χ0) is 21.8. The monoisotopic (exact) mass is 414 g/mol. The minimum absolute atomic E-state index is 0.00746. The van der Waals surface area contributed by atoms with Crippen LogP contribution in [0.2, 0.25) is 0 Å². The van der Waals surface area contributed by atoms with E-state index in [1.54, 1.807) is 7.05 Å². The summed E-state index contributed by atoms with van der Waals surface area (Å²) in [6, 6.07) is 12.5. The highest BCUT2D eigenvalue weighted by Crippen LogP contribution is 2.29. The molecule has 2 aromatic rings. The van der Waals surface area contributed by atoms with Crippen LogP contribution in [0.15, 0.2) is 48.5 Å². The number of aliphatic hydroxyl groups excluding tert-OH is 1. The molecule has 0 aliphatic carbocycles. The molecule has 0 spiro atoms. The normalized spacial score (nSPS) is 20.3. The number of hydrogen-bond donors (Lipinski definition) is 2. The average Bonchev–Trinajstić information content (AvgIpc) is 2.74. The molecule has 1 aliphatic rings. The number of carbonyl (C=O) groups excluding carboxylic acids is 2. The van der Waals surface area contributed by atoms with Gasteiger partial charge in [-0.05, 0) is 34.7 Å². The smallest absolute Gasteiger partial charge is 0.251 e. The zero-order valence-electron chi connectivity index (χ0n) is 17.3. The Morgan fingerprint density at radius 1 is 1.17 bits per heavy atom. The highest BCUT2D eigenvalue weighted by atomic mass is 19.1. The van der Waals surface area contributed by atoms with Crippen LogP contribution in [0.1, 0.15) is 48.6 Å². The molecule has 3 rings (SSSR count). The van der Waals surface area contributed by atoms with Crippen LogP contribution >= 0.6 is 0 Å². The Balaban J connectivity index is 1.69. The van der Waals surface area contributed by atoms with Gasteiger partial charge in [0.2, 0.25) is 5.91 Å². The van der Waals surface area contributed by atoms with Crippen LogP contribution in [0.5, 0.6) is 0 Å². The molecule has 0 bridgehead atoms. The third kappa shape index (κ3) is 4.86. The summed E-state index contributed by atoms with van der Waals surface area (Å²) in [7, 11) is 1.59. The topological polar surface area (TPSA) is 78.9 Å². The van der Waals surface area contributed by atoms with E-state index in [0.29, 0.717) is 17.0 Å². The molecule has 1 heterocycles. The lowest BCUT2D eigenvalue weighted by atomic mass is 9.97. The predicted molar refractivity (Wildman–Crippen MR) is 110 cm³/mol. The summed E-state index contributed by atoms with van der Waals surface area (Å²) < 4.78 is 18.8. The first kappa shape index (κ1) is 21.9. The van der Waals surface area contributed by atoms with Crippen LogP contribution in [-0.4, -0.2) is 48.1 Å². The lowest BCUT2D eigenvalue weighted by molar-refractivity contribution is -0.162. The minimum Gasteiger partial charge on any atom is -0.387 e. The summed E-state index contributed by atoms with van der Waals surface area (Å²) in [5.74, 6) is -0.723. The van der Waals surface area contributed by atoms with Crippen molar-refractivity contribution in [3.05, 3.63) is 71.0 Å². The third-order valence-corrected chi connectivity index (χ3v) is 5.41. The summed E-state index contributed by atoms with van der Waals surface area (Å²) in [6.45, 7) is 3.98. The molecule has 7 heteroatoms. The molecule has 30 heavy (non-hydrogen) atoms. The van der Waals surface area contributed by atoms with Crippen molar-refractivity contribution in [1.82, 2.24) is 10.2 Å². The molecule has 2 N–H and O–H groups in total. The van der Waals surface area contributed by atoms with Gasteiger partial charge in [0.15, 0.2) is 6.10 Å². The molecular formula is C23H27FN2O4. The lowest BCUT2D eigenvalue weighted by Gasteiger charge is -2.38. The van der Waals surface area contributed by atoms with Gasteiger partial charge in [-0.3, -0.25) is 9.59 Å². The largest absolute Gasteiger partial charge is 0.387 e. The van der Waals surface area contributed by atoms with Gasteiger partial charge in [0.25, 0.3) is 5.91 Å². The number of benzene rings is 2. The van der Waals surface area contributed by atoms with E-state index in [0.717, 1.165) is 0 Å². The van der Waals surface area contributed by atoms with E-state index in [2.05, 4.69) is 19.2 Å². The van der Waals surface area contributed by atoms with Crippen LogP contribution in [0, 0.1) is 5.82 Å². The Morgan fingerprint density at radius 3 is 2.37 bits per heavy atom. The Hall–Kier alpha value is -2.77. The van der Waals surface area contributed by atoms with Crippen molar-refractivity contribution in [2.75, 3.05) is 20.2 Å². The standard InChI is InChI=1S/C23H27FN2O4/c1-14(2)15-4-6-16(7-5-15)19(27)12-25-23(29)22-21(26(3)20(28)13-30-22)17-8-10-18(24)11-9-17/h4-11,14,19,21-22,27H,12-13H2,1-3H3,(H,25,29). The second-order valence-electron chi connectivity index (χ2n) is 7.81. The van der Waals surface area contributed by atoms with Crippen molar-refractivity contribution >= 4 is 11.8 Å². The number of ether oxygens (including phenoxy) is 1. The van der Waals surface area contributed by atoms with Gasteiger partial charge in [0.1, 0.15) is 12.4 Å². The first-order valence-corrected chi connectivity index (χ1v) is 9.96. The highest BCUT2D eigenvalue weighted by Gasteiger charge is 2.40. The number of morpholine rings is 1. The van der Waals surface area contributed by atoms with Crippen LogP contribution in [-0.2, 0) is 14.3 Å². The molecular weight excluding hydrogens is 387 g/mol. The molecule has 0 radical (unpaired) electrons. The molecule has 160 valence electrons. The fourth-order valence-electron chi connectivity index (χ4n) is 3.51. The average molecular weight is 414 g/mol. The van der Waals surface area contributed by atoms with E-state index in [1.165, 1.54) is 34.7 Å².